The summed E-state index contributed by atoms with van der Waals surface area (Å²) in [6.45, 7) is 0.706. The summed E-state index contributed by atoms with van der Waals surface area (Å²) < 4.78 is 39.4. The van der Waals surface area contributed by atoms with E-state index in [-0.39, 0.29) is 30.3 Å². The van der Waals surface area contributed by atoms with Gasteiger partial charge in [0.2, 0.25) is 11.8 Å². The third-order valence-corrected chi connectivity index (χ3v) is 4.00. The van der Waals surface area contributed by atoms with E-state index in [4.69, 9.17) is 0 Å². The summed E-state index contributed by atoms with van der Waals surface area (Å²) in [6.07, 6.45) is -4.52. The molecule has 0 spiro atoms. The summed E-state index contributed by atoms with van der Waals surface area (Å²) in [4.78, 5) is 27.0. The number of nitrogens with one attached hydrogen (secondary N) is 1. The van der Waals surface area contributed by atoms with Gasteiger partial charge in [-0.15, -0.1) is 0 Å². The van der Waals surface area contributed by atoms with Crippen LogP contribution in [0.1, 0.15) is 17.5 Å². The molecule has 1 aromatic carbocycles. The Balaban J connectivity index is 2.23. The molecule has 1 aliphatic rings. The van der Waals surface area contributed by atoms with Crippen molar-refractivity contribution >= 4 is 11.8 Å². The fraction of sp³-hybridized carbons (Fsp3) is 0.500. The zero-order valence-corrected chi connectivity index (χ0v) is 13.6. The molecule has 1 aliphatic heterocycles. The molecular formula is C16H20F3N3O2. The second-order valence-corrected chi connectivity index (χ2v) is 5.92. The molecule has 5 nitrogen and oxygen atoms in total. The molecule has 24 heavy (non-hydrogen) atoms. The number of halogens is 3. The highest BCUT2D eigenvalue weighted by atomic mass is 19.4. The first-order valence-electron chi connectivity index (χ1n) is 7.57. The monoisotopic (exact) mass is 343 g/mol. The molecule has 0 radical (unpaired) electrons. The van der Waals surface area contributed by atoms with Crippen LogP contribution in [0.4, 0.5) is 13.2 Å². The molecule has 2 rings (SSSR count). The SMILES string of the molecule is CN(C)C(=O)CC1C(=O)NCCN1Cc1ccccc1C(F)(F)F. The zero-order valence-electron chi connectivity index (χ0n) is 13.6. The van der Waals surface area contributed by atoms with Crippen LogP contribution in [-0.4, -0.2) is 54.8 Å². The van der Waals surface area contributed by atoms with Gasteiger partial charge in [0, 0.05) is 33.7 Å². The summed E-state index contributed by atoms with van der Waals surface area (Å²) in [5.74, 6) is -0.577. The number of benzene rings is 1. The molecule has 1 fully saturated rings. The van der Waals surface area contributed by atoms with E-state index in [1.807, 2.05) is 0 Å². The van der Waals surface area contributed by atoms with Gasteiger partial charge in [0.15, 0.2) is 0 Å². The number of hydrogen-bond acceptors (Lipinski definition) is 3. The Kier molecular flexibility index (Phi) is 5.48. The van der Waals surface area contributed by atoms with Crippen LogP contribution in [0.15, 0.2) is 24.3 Å². The molecule has 1 N–H and O–H groups in total. The van der Waals surface area contributed by atoms with E-state index < -0.39 is 17.8 Å². The minimum atomic E-state index is -4.45. The van der Waals surface area contributed by atoms with E-state index in [1.165, 1.54) is 23.1 Å². The number of rotatable bonds is 4. The molecule has 0 aliphatic carbocycles. The van der Waals surface area contributed by atoms with Gasteiger partial charge in [0.05, 0.1) is 18.0 Å². The second kappa shape index (κ2) is 7.21. The largest absolute Gasteiger partial charge is 0.416 e. The van der Waals surface area contributed by atoms with Gasteiger partial charge in [0.25, 0.3) is 0 Å². The number of piperazine rings is 1. The molecule has 1 heterocycles. The Morgan fingerprint density at radius 3 is 2.62 bits per heavy atom. The van der Waals surface area contributed by atoms with E-state index in [1.54, 1.807) is 19.0 Å². The van der Waals surface area contributed by atoms with Gasteiger partial charge in [-0.25, -0.2) is 0 Å². The number of hydrogen-bond donors (Lipinski definition) is 1. The van der Waals surface area contributed by atoms with Gasteiger partial charge >= 0.3 is 6.18 Å². The predicted molar refractivity (Wildman–Crippen MR) is 82.0 cm³/mol. The van der Waals surface area contributed by atoms with Gasteiger partial charge in [-0.1, -0.05) is 18.2 Å². The number of carbonyl (C=O) groups is 2. The van der Waals surface area contributed by atoms with E-state index in [2.05, 4.69) is 5.32 Å². The Hall–Kier alpha value is -2.09. The minimum absolute atomic E-state index is 0.0333. The van der Waals surface area contributed by atoms with Crippen molar-refractivity contribution in [1.29, 1.82) is 0 Å². The molecule has 1 aromatic rings. The normalized spacial score (nSPS) is 19.0. The number of carbonyl (C=O) groups excluding carboxylic acids is 2. The van der Waals surface area contributed by atoms with Crippen molar-refractivity contribution in [3.05, 3.63) is 35.4 Å². The van der Waals surface area contributed by atoms with Crippen LogP contribution >= 0.6 is 0 Å². The van der Waals surface area contributed by atoms with Crippen molar-refractivity contribution in [3.63, 3.8) is 0 Å². The van der Waals surface area contributed by atoms with Gasteiger partial charge in [-0.2, -0.15) is 13.2 Å². The Bertz CT molecular complexity index is 617. The Morgan fingerprint density at radius 2 is 2.00 bits per heavy atom. The van der Waals surface area contributed by atoms with Crippen molar-refractivity contribution < 1.29 is 22.8 Å². The van der Waals surface area contributed by atoms with E-state index in [0.717, 1.165) is 6.07 Å². The maximum atomic E-state index is 13.1. The van der Waals surface area contributed by atoms with Crippen LogP contribution in [0.5, 0.6) is 0 Å². The third kappa shape index (κ3) is 4.25. The molecule has 1 atom stereocenters. The van der Waals surface area contributed by atoms with Crippen molar-refractivity contribution in [2.75, 3.05) is 27.2 Å². The predicted octanol–water partition coefficient (Wildman–Crippen LogP) is 1.48. The highest BCUT2D eigenvalue weighted by Crippen LogP contribution is 2.32. The van der Waals surface area contributed by atoms with Crippen LogP contribution in [0.25, 0.3) is 0 Å². The molecule has 1 saturated heterocycles. The van der Waals surface area contributed by atoms with E-state index in [0.29, 0.717) is 13.1 Å². The summed E-state index contributed by atoms with van der Waals surface area (Å²) in [5.41, 5.74) is -0.615. The zero-order chi connectivity index (χ0) is 17.9. The average Bonchev–Trinajstić information content (AvgIpc) is 2.50. The first-order chi connectivity index (χ1) is 11.2. The standard InChI is InChI=1S/C16H20F3N3O2/c1-21(2)14(23)9-13-15(24)20-7-8-22(13)10-11-5-3-4-6-12(11)16(17,18)19/h3-6,13H,7-10H2,1-2H3,(H,20,24). The van der Waals surface area contributed by atoms with Crippen molar-refractivity contribution in [1.82, 2.24) is 15.1 Å². The summed E-state index contributed by atoms with van der Waals surface area (Å²) in [6, 6.07) is 4.53. The van der Waals surface area contributed by atoms with Crippen LogP contribution in [0.2, 0.25) is 0 Å². The van der Waals surface area contributed by atoms with E-state index >= 15 is 0 Å². The quantitative estimate of drug-likeness (QED) is 0.901. The summed E-state index contributed by atoms with van der Waals surface area (Å²) in [7, 11) is 3.15. The minimum Gasteiger partial charge on any atom is -0.353 e. The fourth-order valence-corrected chi connectivity index (χ4v) is 2.67. The van der Waals surface area contributed by atoms with Gasteiger partial charge < -0.3 is 10.2 Å². The maximum absolute atomic E-state index is 13.1. The van der Waals surface area contributed by atoms with Gasteiger partial charge in [-0.05, 0) is 11.6 Å². The lowest BCUT2D eigenvalue weighted by molar-refractivity contribution is -0.140. The molecule has 132 valence electrons. The topological polar surface area (TPSA) is 52.7 Å². The van der Waals surface area contributed by atoms with Crippen molar-refractivity contribution in [2.24, 2.45) is 0 Å². The number of amides is 2. The first-order valence-corrected chi connectivity index (χ1v) is 7.57. The summed E-state index contributed by atoms with van der Waals surface area (Å²) in [5, 5.41) is 2.66. The van der Waals surface area contributed by atoms with Crippen LogP contribution < -0.4 is 5.32 Å². The van der Waals surface area contributed by atoms with Crippen LogP contribution in [-0.2, 0) is 22.3 Å². The first kappa shape index (κ1) is 18.3. The molecule has 8 heteroatoms. The average molecular weight is 343 g/mol. The number of alkyl halides is 3. The number of nitrogens with zero attached hydrogens (tertiary/aromatic N) is 2. The molecule has 0 aromatic heterocycles. The van der Waals surface area contributed by atoms with Gasteiger partial charge in [-0.3, -0.25) is 14.5 Å². The third-order valence-electron chi connectivity index (χ3n) is 4.00. The lowest BCUT2D eigenvalue weighted by Crippen LogP contribution is -2.56. The van der Waals surface area contributed by atoms with Crippen LogP contribution in [0, 0.1) is 0 Å². The second-order valence-electron chi connectivity index (χ2n) is 5.92. The molecular weight excluding hydrogens is 323 g/mol. The van der Waals surface area contributed by atoms with E-state index in [9.17, 15) is 22.8 Å². The lowest BCUT2D eigenvalue weighted by Gasteiger charge is -2.35. The maximum Gasteiger partial charge on any atom is 0.416 e. The van der Waals surface area contributed by atoms with Gasteiger partial charge in [0.1, 0.15) is 0 Å². The lowest BCUT2D eigenvalue weighted by atomic mass is 10.0. The van der Waals surface area contributed by atoms with Crippen LogP contribution in [0.3, 0.4) is 0 Å². The molecule has 2 amide bonds. The molecule has 1 unspecified atom stereocenters. The highest BCUT2D eigenvalue weighted by molar-refractivity contribution is 5.88. The van der Waals surface area contributed by atoms with Crippen molar-refractivity contribution in [2.45, 2.75) is 25.2 Å². The summed E-state index contributed by atoms with van der Waals surface area (Å²) >= 11 is 0. The Labute approximate surface area is 138 Å². The molecule has 0 bridgehead atoms. The Morgan fingerprint density at radius 1 is 1.33 bits per heavy atom. The fourth-order valence-electron chi connectivity index (χ4n) is 2.67. The smallest absolute Gasteiger partial charge is 0.353 e. The highest BCUT2D eigenvalue weighted by Gasteiger charge is 2.36. The van der Waals surface area contributed by atoms with Crippen molar-refractivity contribution in [3.8, 4) is 0 Å². The molecule has 0 saturated carbocycles.